The second-order valence-corrected chi connectivity index (χ2v) is 6.50. The van der Waals surface area contributed by atoms with Gasteiger partial charge in [-0.25, -0.2) is 0 Å². The lowest BCUT2D eigenvalue weighted by atomic mass is 9.97. The fourth-order valence-electron chi connectivity index (χ4n) is 3.09. The summed E-state index contributed by atoms with van der Waals surface area (Å²) in [6, 6.07) is 2.06. The van der Waals surface area contributed by atoms with E-state index in [4.69, 9.17) is 0 Å². The van der Waals surface area contributed by atoms with Gasteiger partial charge in [0.05, 0.1) is 0 Å². The summed E-state index contributed by atoms with van der Waals surface area (Å²) < 4.78 is 0. The van der Waals surface area contributed by atoms with Crippen LogP contribution >= 0.6 is 0 Å². The molecular formula is C19H23N3O. The molecule has 0 saturated carbocycles. The lowest BCUT2D eigenvalue weighted by Crippen LogP contribution is -2.06. The summed E-state index contributed by atoms with van der Waals surface area (Å²) in [4.78, 5) is 1.58. The van der Waals surface area contributed by atoms with Crippen LogP contribution in [-0.4, -0.2) is 20.1 Å². The average Bonchev–Trinajstić information content (AvgIpc) is 2.92. The first kappa shape index (κ1) is 15.5. The molecule has 23 heavy (non-hydrogen) atoms. The second-order valence-electron chi connectivity index (χ2n) is 6.50. The summed E-state index contributed by atoms with van der Waals surface area (Å²) in [6.45, 7) is 14.3. The van der Waals surface area contributed by atoms with Gasteiger partial charge in [0.15, 0.2) is 0 Å². The number of aromatic nitrogens is 3. The van der Waals surface area contributed by atoms with Crippen LogP contribution < -0.4 is 0 Å². The number of aryl methyl sites for hydroxylation is 2. The molecule has 1 N–H and O–H groups in total. The van der Waals surface area contributed by atoms with E-state index in [1.807, 2.05) is 20.8 Å². The normalized spacial score (nSPS) is 11.4. The summed E-state index contributed by atoms with van der Waals surface area (Å²) >= 11 is 0. The zero-order chi connectivity index (χ0) is 17.0. The van der Waals surface area contributed by atoms with Crippen molar-refractivity contribution in [3.8, 4) is 11.4 Å². The maximum Gasteiger partial charge on any atom is 0.146 e. The van der Waals surface area contributed by atoms with Gasteiger partial charge in [-0.2, -0.15) is 0 Å². The number of fused-ring (bicyclic) bond motifs is 1. The van der Waals surface area contributed by atoms with Crippen molar-refractivity contribution in [2.45, 2.75) is 48.5 Å². The van der Waals surface area contributed by atoms with Crippen molar-refractivity contribution in [2.75, 3.05) is 0 Å². The Hall–Kier alpha value is -2.36. The molecule has 4 nitrogen and oxygen atoms in total. The van der Waals surface area contributed by atoms with Crippen molar-refractivity contribution >= 4 is 11.0 Å². The molecule has 4 heteroatoms. The molecule has 0 unspecified atom stereocenters. The van der Waals surface area contributed by atoms with Crippen LogP contribution in [0.2, 0.25) is 0 Å². The molecule has 3 aromatic rings. The van der Waals surface area contributed by atoms with Crippen LogP contribution in [0.1, 0.15) is 38.9 Å². The highest BCUT2D eigenvalue weighted by molar-refractivity contribution is 5.80. The molecule has 0 aliphatic rings. The molecular weight excluding hydrogens is 286 g/mol. The van der Waals surface area contributed by atoms with Crippen molar-refractivity contribution < 1.29 is 5.11 Å². The summed E-state index contributed by atoms with van der Waals surface area (Å²) in [6.07, 6.45) is 0. The van der Waals surface area contributed by atoms with E-state index < -0.39 is 0 Å². The number of aromatic hydroxyl groups is 1. The Morgan fingerprint density at radius 3 is 2.00 bits per heavy atom. The smallest absolute Gasteiger partial charge is 0.146 e. The van der Waals surface area contributed by atoms with Crippen LogP contribution in [0.3, 0.4) is 0 Å². The number of phenolic OH excluding ortho intramolecular Hbond substituents is 1. The first-order valence-electron chi connectivity index (χ1n) is 7.87. The van der Waals surface area contributed by atoms with Gasteiger partial charge in [-0.3, -0.25) is 0 Å². The highest BCUT2D eigenvalue weighted by atomic mass is 16.3. The molecule has 120 valence electrons. The van der Waals surface area contributed by atoms with E-state index in [0.29, 0.717) is 5.69 Å². The van der Waals surface area contributed by atoms with E-state index in [1.54, 1.807) is 4.80 Å². The average molecular weight is 309 g/mol. The quantitative estimate of drug-likeness (QED) is 0.729. The zero-order valence-electron chi connectivity index (χ0n) is 14.9. The van der Waals surface area contributed by atoms with Crippen LogP contribution in [0.4, 0.5) is 0 Å². The standard InChI is InChI=1S/C19H23N3O/c1-9-8-16-17(13(5)10(9)2)21-22(20-16)18-14(6)11(3)12(4)15(7)19(18)23/h8,23H,1-7H3. The van der Waals surface area contributed by atoms with Gasteiger partial charge in [0, 0.05) is 0 Å². The van der Waals surface area contributed by atoms with Crippen LogP contribution in [0.25, 0.3) is 16.7 Å². The number of benzene rings is 2. The molecule has 0 atom stereocenters. The SMILES string of the molecule is Cc1cc2nn(-c3c(C)c(C)c(C)c(C)c3O)nc2c(C)c1C. The number of nitrogens with zero attached hydrogens (tertiary/aromatic N) is 3. The fraction of sp³-hybridized carbons (Fsp3) is 0.368. The number of rotatable bonds is 1. The Balaban J connectivity index is 2.37. The molecule has 0 radical (unpaired) electrons. The first-order chi connectivity index (χ1) is 10.7. The lowest BCUT2D eigenvalue weighted by Gasteiger charge is -2.15. The largest absolute Gasteiger partial charge is 0.505 e. The Kier molecular flexibility index (Phi) is 3.43. The van der Waals surface area contributed by atoms with E-state index in [-0.39, 0.29) is 5.75 Å². The maximum atomic E-state index is 10.6. The maximum absolute atomic E-state index is 10.6. The van der Waals surface area contributed by atoms with Crippen molar-refractivity contribution in [3.05, 3.63) is 45.0 Å². The number of hydrogen-bond donors (Lipinski definition) is 1. The highest BCUT2D eigenvalue weighted by Crippen LogP contribution is 2.34. The van der Waals surface area contributed by atoms with Crippen LogP contribution in [0, 0.1) is 48.5 Å². The van der Waals surface area contributed by atoms with Crippen molar-refractivity contribution in [1.29, 1.82) is 0 Å². The molecule has 0 fully saturated rings. The summed E-state index contributed by atoms with van der Waals surface area (Å²) in [5.74, 6) is 0.261. The van der Waals surface area contributed by atoms with Gasteiger partial charge in [0.2, 0.25) is 0 Å². The van der Waals surface area contributed by atoms with E-state index >= 15 is 0 Å². The monoisotopic (exact) mass is 309 g/mol. The molecule has 2 aromatic carbocycles. The second kappa shape index (κ2) is 5.08. The van der Waals surface area contributed by atoms with Crippen molar-refractivity contribution in [3.63, 3.8) is 0 Å². The van der Waals surface area contributed by atoms with Gasteiger partial charge in [0.25, 0.3) is 0 Å². The molecule has 0 aliphatic heterocycles. The van der Waals surface area contributed by atoms with Crippen molar-refractivity contribution in [2.24, 2.45) is 0 Å². The van der Waals surface area contributed by atoms with E-state index in [0.717, 1.165) is 33.3 Å². The highest BCUT2D eigenvalue weighted by Gasteiger charge is 2.19. The van der Waals surface area contributed by atoms with Crippen LogP contribution in [0.5, 0.6) is 5.75 Å². The van der Waals surface area contributed by atoms with E-state index in [9.17, 15) is 5.11 Å². The van der Waals surface area contributed by atoms with Gasteiger partial charge in [-0.1, -0.05) is 0 Å². The van der Waals surface area contributed by atoms with Crippen LogP contribution in [-0.2, 0) is 0 Å². The third kappa shape index (κ3) is 2.12. The van der Waals surface area contributed by atoms with Crippen LogP contribution in [0.15, 0.2) is 6.07 Å². The molecule has 3 rings (SSSR count). The van der Waals surface area contributed by atoms with Gasteiger partial charge in [0.1, 0.15) is 22.5 Å². The van der Waals surface area contributed by atoms with Gasteiger partial charge in [-0.15, -0.1) is 15.0 Å². The zero-order valence-corrected chi connectivity index (χ0v) is 14.9. The Morgan fingerprint density at radius 1 is 0.739 bits per heavy atom. The predicted octanol–water partition coefficient (Wildman–Crippen LogP) is 4.29. The van der Waals surface area contributed by atoms with E-state index in [1.165, 1.54) is 16.7 Å². The van der Waals surface area contributed by atoms with E-state index in [2.05, 4.69) is 44.0 Å². The number of phenols is 1. The molecule has 0 aliphatic carbocycles. The topological polar surface area (TPSA) is 50.9 Å². The van der Waals surface area contributed by atoms with Gasteiger partial charge < -0.3 is 5.11 Å². The first-order valence-corrected chi connectivity index (χ1v) is 7.87. The molecule has 0 bridgehead atoms. The molecule has 1 aromatic heterocycles. The predicted molar refractivity (Wildman–Crippen MR) is 93.7 cm³/mol. The van der Waals surface area contributed by atoms with Gasteiger partial charge in [-0.05, 0) is 93.5 Å². The summed E-state index contributed by atoms with van der Waals surface area (Å²) in [7, 11) is 0. The van der Waals surface area contributed by atoms with Gasteiger partial charge >= 0.3 is 0 Å². The Bertz CT molecular complexity index is 922. The Labute approximate surface area is 136 Å². The molecule has 0 saturated heterocycles. The third-order valence-corrected chi connectivity index (χ3v) is 5.32. The Morgan fingerprint density at radius 2 is 1.35 bits per heavy atom. The third-order valence-electron chi connectivity index (χ3n) is 5.32. The molecule has 0 spiro atoms. The minimum atomic E-state index is 0.261. The lowest BCUT2D eigenvalue weighted by molar-refractivity contribution is 0.462. The minimum Gasteiger partial charge on any atom is -0.505 e. The minimum absolute atomic E-state index is 0.261. The van der Waals surface area contributed by atoms with Crippen molar-refractivity contribution in [1.82, 2.24) is 15.0 Å². The summed E-state index contributed by atoms with van der Waals surface area (Å²) in [5.41, 5.74) is 10.2. The number of hydrogen-bond acceptors (Lipinski definition) is 3. The molecule has 0 amide bonds. The molecule has 1 heterocycles. The summed E-state index contributed by atoms with van der Waals surface area (Å²) in [5, 5.41) is 19.9. The fourth-order valence-corrected chi connectivity index (χ4v) is 3.09.